The average molecular weight is 532 g/mol. The van der Waals surface area contributed by atoms with E-state index in [4.69, 9.17) is 4.43 Å². The largest absolute Gasteiger partial charge is 0.406 e. The van der Waals surface area contributed by atoms with Gasteiger partial charge in [-0.1, -0.05) is 127 Å². The summed E-state index contributed by atoms with van der Waals surface area (Å²) in [6.07, 6.45) is 18.3. The lowest BCUT2D eigenvalue weighted by molar-refractivity contribution is -0.0691. The Kier molecular flexibility index (Phi) is 8.87. The molecule has 3 heteroatoms. The quantitative estimate of drug-likeness (QED) is 0.227. The van der Waals surface area contributed by atoms with Gasteiger partial charge < -0.3 is 4.43 Å². The van der Waals surface area contributed by atoms with Crippen LogP contribution in [-0.4, -0.2) is 37.4 Å². The fourth-order valence-electron chi connectivity index (χ4n) is 8.86. The van der Waals surface area contributed by atoms with E-state index in [1.807, 2.05) is 0 Å². The van der Waals surface area contributed by atoms with Gasteiger partial charge in [-0.2, -0.15) is 0 Å². The molecular formula is C35H53NOSi. The number of hydrogen-bond donors (Lipinski definition) is 0. The van der Waals surface area contributed by atoms with Crippen LogP contribution in [0.4, 0.5) is 0 Å². The van der Waals surface area contributed by atoms with Crippen molar-refractivity contribution in [1.82, 2.24) is 4.90 Å². The van der Waals surface area contributed by atoms with E-state index in [1.165, 1.54) is 93.8 Å². The molecule has 3 aliphatic rings. The first kappa shape index (κ1) is 28.1. The molecule has 1 spiro atoms. The van der Waals surface area contributed by atoms with Crippen molar-refractivity contribution < 1.29 is 4.43 Å². The van der Waals surface area contributed by atoms with Gasteiger partial charge in [0.15, 0.2) is 0 Å². The monoisotopic (exact) mass is 531 g/mol. The maximum atomic E-state index is 7.56. The van der Waals surface area contributed by atoms with Crippen LogP contribution < -0.4 is 10.4 Å². The van der Waals surface area contributed by atoms with Crippen molar-refractivity contribution in [2.24, 2.45) is 5.92 Å². The highest BCUT2D eigenvalue weighted by molar-refractivity contribution is 6.99. The van der Waals surface area contributed by atoms with Gasteiger partial charge >= 0.3 is 0 Å². The van der Waals surface area contributed by atoms with Gasteiger partial charge in [-0.3, -0.25) is 4.90 Å². The number of benzene rings is 2. The van der Waals surface area contributed by atoms with E-state index >= 15 is 0 Å². The van der Waals surface area contributed by atoms with Crippen LogP contribution >= 0.6 is 0 Å². The van der Waals surface area contributed by atoms with Crippen molar-refractivity contribution in [3.05, 3.63) is 60.7 Å². The van der Waals surface area contributed by atoms with Crippen LogP contribution in [0.1, 0.15) is 111 Å². The topological polar surface area (TPSA) is 12.5 Å². The molecule has 3 fully saturated rings. The molecule has 4 atom stereocenters. The van der Waals surface area contributed by atoms with Gasteiger partial charge in [0, 0.05) is 17.6 Å². The minimum atomic E-state index is -2.50. The molecule has 2 heterocycles. The highest BCUT2D eigenvalue weighted by atomic mass is 28.4. The Morgan fingerprint density at radius 3 is 2.11 bits per heavy atom. The van der Waals surface area contributed by atoms with Crippen LogP contribution in [0.5, 0.6) is 0 Å². The third-order valence-electron chi connectivity index (χ3n) is 10.5. The third-order valence-corrected chi connectivity index (χ3v) is 15.5. The smallest absolute Gasteiger partial charge is 0.261 e. The number of rotatable bonds is 10. The lowest BCUT2D eigenvalue weighted by Gasteiger charge is -2.56. The highest BCUT2D eigenvalue weighted by Gasteiger charge is 2.57. The molecule has 0 N–H and O–H groups in total. The minimum absolute atomic E-state index is 0.0425. The number of piperidine rings is 1. The molecule has 0 aromatic heterocycles. The van der Waals surface area contributed by atoms with E-state index < -0.39 is 8.32 Å². The summed E-state index contributed by atoms with van der Waals surface area (Å²) in [7, 11) is -2.50. The molecule has 0 radical (unpaired) electrons. The van der Waals surface area contributed by atoms with E-state index in [-0.39, 0.29) is 5.04 Å². The van der Waals surface area contributed by atoms with Crippen molar-refractivity contribution in [2.75, 3.05) is 6.61 Å². The Labute approximate surface area is 234 Å². The predicted octanol–water partition coefficient (Wildman–Crippen LogP) is 8.09. The van der Waals surface area contributed by atoms with E-state index in [9.17, 15) is 0 Å². The molecule has 2 aliphatic heterocycles. The predicted molar refractivity (Wildman–Crippen MR) is 165 cm³/mol. The summed E-state index contributed by atoms with van der Waals surface area (Å²) in [6, 6.07) is 23.8. The van der Waals surface area contributed by atoms with Crippen LogP contribution in [0.15, 0.2) is 60.7 Å². The van der Waals surface area contributed by atoms with Crippen LogP contribution in [0, 0.1) is 5.92 Å². The van der Waals surface area contributed by atoms with E-state index in [0.29, 0.717) is 11.6 Å². The summed E-state index contributed by atoms with van der Waals surface area (Å²) in [5.74, 6) is 0.918. The minimum Gasteiger partial charge on any atom is -0.406 e. The fourth-order valence-corrected chi connectivity index (χ4v) is 13.5. The zero-order valence-corrected chi connectivity index (χ0v) is 25.8. The number of hydrogen-bond acceptors (Lipinski definition) is 2. The van der Waals surface area contributed by atoms with Crippen molar-refractivity contribution in [3.8, 4) is 0 Å². The lowest BCUT2D eigenvalue weighted by atomic mass is 9.66. The molecule has 2 saturated heterocycles. The second-order valence-electron chi connectivity index (χ2n) is 13.7. The van der Waals surface area contributed by atoms with E-state index in [1.54, 1.807) is 0 Å². The Bertz CT molecular complexity index is 962. The summed E-state index contributed by atoms with van der Waals surface area (Å²) >= 11 is 0. The van der Waals surface area contributed by atoms with Crippen LogP contribution in [0.2, 0.25) is 5.04 Å². The highest BCUT2D eigenvalue weighted by Crippen LogP contribution is 2.54. The molecule has 38 heavy (non-hydrogen) atoms. The van der Waals surface area contributed by atoms with Gasteiger partial charge in [-0.15, -0.1) is 0 Å². The molecule has 2 aromatic carbocycles. The van der Waals surface area contributed by atoms with Crippen molar-refractivity contribution in [3.63, 3.8) is 0 Å². The molecule has 208 valence electrons. The summed E-state index contributed by atoms with van der Waals surface area (Å²) in [5, 5.41) is 2.87. The second-order valence-corrected chi connectivity index (χ2v) is 18.0. The molecule has 0 bridgehead atoms. The zero-order chi connectivity index (χ0) is 26.6. The first-order valence-electron chi connectivity index (χ1n) is 16.0. The first-order chi connectivity index (χ1) is 18.4. The first-order valence-corrected chi connectivity index (χ1v) is 17.9. The van der Waals surface area contributed by atoms with Gasteiger partial charge in [0.1, 0.15) is 0 Å². The van der Waals surface area contributed by atoms with Crippen molar-refractivity contribution in [2.45, 2.75) is 134 Å². The molecule has 2 nitrogen and oxygen atoms in total. The standard InChI is InChI=1S/C35H53NOSi/c1-5-6-7-10-18-30-24-23-29-17-15-16-26-35(29)27-25-31(36(30)35)28-37-38(34(2,3)4,32-19-11-8-12-20-32)33-21-13-9-14-22-33/h8-9,11-14,19-22,29-31H,5-7,10,15-18,23-28H2,1-4H3/t29-,30+,31-,35-/m0/s1. The van der Waals surface area contributed by atoms with Crippen molar-refractivity contribution in [1.29, 1.82) is 0 Å². The van der Waals surface area contributed by atoms with Gasteiger partial charge in [-0.25, -0.2) is 0 Å². The third kappa shape index (κ3) is 5.20. The summed E-state index contributed by atoms with van der Waals surface area (Å²) in [5.41, 5.74) is 0.464. The number of unbranched alkanes of at least 4 members (excludes halogenated alkanes) is 3. The molecule has 1 saturated carbocycles. The van der Waals surface area contributed by atoms with Crippen LogP contribution in [0.3, 0.4) is 0 Å². The van der Waals surface area contributed by atoms with Gasteiger partial charge in [0.2, 0.25) is 0 Å². The molecule has 0 unspecified atom stereocenters. The molecule has 5 rings (SSSR count). The van der Waals surface area contributed by atoms with E-state index in [2.05, 4.69) is 93.3 Å². The maximum absolute atomic E-state index is 7.56. The average Bonchev–Trinajstić information content (AvgIpc) is 3.30. The van der Waals surface area contributed by atoms with E-state index in [0.717, 1.165) is 18.6 Å². The SMILES string of the molecule is CCCCCC[C@@H]1CC[C@@H]2CCCC[C@]23CC[C@@H](CO[Si](c2ccccc2)(c2ccccc2)C(C)(C)C)N13. The summed E-state index contributed by atoms with van der Waals surface area (Å²) in [6.45, 7) is 10.5. The molecule has 0 amide bonds. The summed E-state index contributed by atoms with van der Waals surface area (Å²) in [4.78, 5) is 3.12. The molecular weight excluding hydrogens is 478 g/mol. The molecule has 2 aromatic rings. The summed E-state index contributed by atoms with van der Waals surface area (Å²) < 4.78 is 7.56. The lowest BCUT2D eigenvalue weighted by Crippen LogP contribution is -2.68. The normalized spacial score (nSPS) is 28.2. The Morgan fingerprint density at radius 1 is 0.789 bits per heavy atom. The van der Waals surface area contributed by atoms with Gasteiger partial charge in [0.05, 0.1) is 6.61 Å². The van der Waals surface area contributed by atoms with Crippen molar-refractivity contribution >= 4 is 18.7 Å². The Hall–Kier alpha value is -1.42. The second kappa shape index (κ2) is 12.0. The van der Waals surface area contributed by atoms with Gasteiger partial charge in [-0.05, 0) is 66.3 Å². The zero-order valence-electron chi connectivity index (χ0n) is 24.8. The number of nitrogens with zero attached hydrogens (tertiary/aromatic N) is 1. The Balaban J connectivity index is 1.46. The van der Waals surface area contributed by atoms with Gasteiger partial charge in [0.25, 0.3) is 8.32 Å². The van der Waals surface area contributed by atoms with Crippen LogP contribution in [-0.2, 0) is 4.43 Å². The Morgan fingerprint density at radius 2 is 1.47 bits per heavy atom. The fraction of sp³-hybridized carbons (Fsp3) is 0.657. The van der Waals surface area contributed by atoms with Crippen LogP contribution in [0.25, 0.3) is 0 Å². The maximum Gasteiger partial charge on any atom is 0.261 e. The molecule has 1 aliphatic carbocycles.